The average molecular weight is 257 g/mol. The summed E-state index contributed by atoms with van der Waals surface area (Å²) in [7, 11) is 0. The van der Waals surface area contributed by atoms with Crippen LogP contribution in [-0.4, -0.2) is 28.1 Å². The van der Waals surface area contributed by atoms with Gasteiger partial charge in [0, 0.05) is 18.1 Å². The Morgan fingerprint density at radius 3 is 2.11 bits per heavy atom. The van der Waals surface area contributed by atoms with Crippen molar-refractivity contribution in [1.82, 2.24) is 4.90 Å². The topological polar surface area (TPSA) is 23.5 Å². The molecule has 2 bridgehead atoms. The SMILES string of the molecule is OC1(c2ccccc2)C[C@@H]2CCC[C@@H](C1)N2C1CC1. The van der Waals surface area contributed by atoms with Gasteiger partial charge in [0.1, 0.15) is 0 Å². The van der Waals surface area contributed by atoms with Crippen molar-refractivity contribution in [2.75, 3.05) is 0 Å². The van der Waals surface area contributed by atoms with Crippen LogP contribution in [0.1, 0.15) is 50.5 Å². The molecule has 3 fully saturated rings. The number of aliphatic hydroxyl groups is 1. The fraction of sp³-hybridized carbons (Fsp3) is 0.647. The average Bonchev–Trinajstić information content (AvgIpc) is 3.23. The highest BCUT2D eigenvalue weighted by molar-refractivity contribution is 5.24. The molecule has 1 aromatic carbocycles. The Hall–Kier alpha value is -0.860. The molecule has 2 nitrogen and oxygen atoms in total. The summed E-state index contributed by atoms with van der Waals surface area (Å²) in [6.07, 6.45) is 8.55. The van der Waals surface area contributed by atoms with Crippen molar-refractivity contribution < 1.29 is 5.11 Å². The summed E-state index contributed by atoms with van der Waals surface area (Å²) in [5.41, 5.74) is 0.546. The summed E-state index contributed by atoms with van der Waals surface area (Å²) in [5, 5.41) is 11.1. The van der Waals surface area contributed by atoms with E-state index in [1.165, 1.54) is 32.1 Å². The van der Waals surface area contributed by atoms with E-state index in [4.69, 9.17) is 0 Å². The highest BCUT2D eigenvalue weighted by Gasteiger charge is 2.50. The van der Waals surface area contributed by atoms with Crippen molar-refractivity contribution in [3.05, 3.63) is 35.9 Å². The third-order valence-electron chi connectivity index (χ3n) is 5.34. The molecule has 1 aromatic rings. The van der Waals surface area contributed by atoms with Crippen LogP contribution in [-0.2, 0) is 5.60 Å². The summed E-state index contributed by atoms with van der Waals surface area (Å²) >= 11 is 0. The van der Waals surface area contributed by atoms with E-state index in [2.05, 4.69) is 29.2 Å². The first-order valence-corrected chi connectivity index (χ1v) is 7.82. The van der Waals surface area contributed by atoms with E-state index in [9.17, 15) is 5.11 Å². The number of piperidine rings is 2. The first kappa shape index (κ1) is 11.9. The number of rotatable bonds is 2. The van der Waals surface area contributed by atoms with E-state index < -0.39 is 5.60 Å². The molecule has 4 rings (SSSR count). The summed E-state index contributed by atoms with van der Waals surface area (Å²) < 4.78 is 0. The van der Waals surface area contributed by atoms with Crippen LogP contribution in [0, 0.1) is 0 Å². The van der Waals surface area contributed by atoms with Gasteiger partial charge in [-0.15, -0.1) is 0 Å². The smallest absolute Gasteiger partial charge is 0.0926 e. The van der Waals surface area contributed by atoms with Crippen LogP contribution < -0.4 is 0 Å². The molecule has 0 spiro atoms. The molecule has 2 aliphatic heterocycles. The molecule has 2 saturated heterocycles. The van der Waals surface area contributed by atoms with E-state index in [0.717, 1.165) is 24.4 Å². The van der Waals surface area contributed by atoms with Crippen molar-refractivity contribution in [3.8, 4) is 0 Å². The standard InChI is InChI=1S/C17H23NO/c19-17(13-5-2-1-3-6-13)11-15-7-4-8-16(12-17)18(15)14-9-10-14/h1-3,5-6,14-16,19H,4,7-12H2/t15-,16-/m0/s1. The Bertz CT molecular complexity index is 440. The Morgan fingerprint density at radius 1 is 0.895 bits per heavy atom. The lowest BCUT2D eigenvalue weighted by atomic mass is 9.72. The summed E-state index contributed by atoms with van der Waals surface area (Å²) in [6, 6.07) is 12.4. The Morgan fingerprint density at radius 2 is 1.53 bits per heavy atom. The van der Waals surface area contributed by atoms with Crippen LogP contribution in [0.4, 0.5) is 0 Å². The van der Waals surface area contributed by atoms with Crippen LogP contribution in [0.3, 0.4) is 0 Å². The van der Waals surface area contributed by atoms with Crippen LogP contribution in [0.5, 0.6) is 0 Å². The number of fused-ring (bicyclic) bond motifs is 2. The summed E-state index contributed by atoms with van der Waals surface area (Å²) in [5.74, 6) is 0. The molecular weight excluding hydrogens is 234 g/mol. The minimum atomic E-state index is -0.581. The molecule has 2 heterocycles. The quantitative estimate of drug-likeness (QED) is 0.880. The van der Waals surface area contributed by atoms with Crippen LogP contribution >= 0.6 is 0 Å². The van der Waals surface area contributed by atoms with Crippen molar-refractivity contribution in [2.45, 2.75) is 68.7 Å². The molecule has 0 unspecified atom stereocenters. The van der Waals surface area contributed by atoms with Gasteiger partial charge in [0.2, 0.25) is 0 Å². The van der Waals surface area contributed by atoms with Crippen LogP contribution in [0.2, 0.25) is 0 Å². The molecule has 19 heavy (non-hydrogen) atoms. The molecule has 3 aliphatic rings. The third-order valence-corrected chi connectivity index (χ3v) is 5.34. The zero-order valence-corrected chi connectivity index (χ0v) is 11.5. The molecule has 1 aliphatic carbocycles. The van der Waals surface area contributed by atoms with Gasteiger partial charge in [0.15, 0.2) is 0 Å². The van der Waals surface area contributed by atoms with E-state index in [0.29, 0.717) is 12.1 Å². The fourth-order valence-corrected chi connectivity index (χ4v) is 4.42. The molecule has 2 heteroatoms. The summed E-state index contributed by atoms with van der Waals surface area (Å²) in [6.45, 7) is 0. The van der Waals surface area contributed by atoms with Crippen LogP contribution in [0.25, 0.3) is 0 Å². The van der Waals surface area contributed by atoms with E-state index in [-0.39, 0.29) is 0 Å². The zero-order chi connectivity index (χ0) is 12.9. The lowest BCUT2D eigenvalue weighted by molar-refractivity contribution is -0.0998. The van der Waals surface area contributed by atoms with Gasteiger partial charge in [0.25, 0.3) is 0 Å². The van der Waals surface area contributed by atoms with Gasteiger partial charge >= 0.3 is 0 Å². The maximum absolute atomic E-state index is 11.1. The van der Waals surface area contributed by atoms with Gasteiger partial charge < -0.3 is 5.11 Å². The van der Waals surface area contributed by atoms with Gasteiger partial charge in [-0.1, -0.05) is 36.8 Å². The Balaban J connectivity index is 1.63. The lowest BCUT2D eigenvalue weighted by Gasteiger charge is -2.52. The van der Waals surface area contributed by atoms with Crippen molar-refractivity contribution in [1.29, 1.82) is 0 Å². The van der Waals surface area contributed by atoms with Gasteiger partial charge in [-0.3, -0.25) is 4.90 Å². The fourth-order valence-electron chi connectivity index (χ4n) is 4.42. The second-order valence-corrected chi connectivity index (χ2v) is 6.72. The van der Waals surface area contributed by atoms with Gasteiger partial charge in [-0.2, -0.15) is 0 Å². The van der Waals surface area contributed by atoms with Crippen molar-refractivity contribution in [2.24, 2.45) is 0 Å². The molecule has 1 N–H and O–H groups in total. The molecule has 0 aromatic heterocycles. The first-order valence-electron chi connectivity index (χ1n) is 7.82. The predicted octanol–water partition coefficient (Wildman–Crippen LogP) is 3.05. The normalized spacial score (nSPS) is 39.2. The minimum absolute atomic E-state index is 0.581. The first-order chi connectivity index (χ1) is 9.26. The van der Waals surface area contributed by atoms with Gasteiger partial charge in [0.05, 0.1) is 5.60 Å². The third kappa shape index (κ3) is 2.02. The second kappa shape index (κ2) is 4.32. The predicted molar refractivity (Wildman–Crippen MR) is 75.9 cm³/mol. The Kier molecular flexibility index (Phi) is 2.71. The Labute approximate surface area is 115 Å². The monoisotopic (exact) mass is 257 g/mol. The maximum Gasteiger partial charge on any atom is 0.0926 e. The zero-order valence-electron chi connectivity index (χ0n) is 11.5. The van der Waals surface area contributed by atoms with Crippen LogP contribution in [0.15, 0.2) is 30.3 Å². The molecular formula is C17H23NO. The molecule has 0 amide bonds. The lowest BCUT2D eigenvalue weighted by Crippen LogP contribution is -2.57. The maximum atomic E-state index is 11.1. The van der Waals surface area contributed by atoms with Gasteiger partial charge in [-0.05, 0) is 44.1 Å². The van der Waals surface area contributed by atoms with Crippen molar-refractivity contribution >= 4 is 0 Å². The molecule has 1 saturated carbocycles. The van der Waals surface area contributed by atoms with E-state index in [1.54, 1.807) is 0 Å². The molecule has 0 radical (unpaired) electrons. The highest BCUT2D eigenvalue weighted by Crippen LogP contribution is 2.48. The number of benzene rings is 1. The minimum Gasteiger partial charge on any atom is -0.385 e. The van der Waals surface area contributed by atoms with Gasteiger partial charge in [-0.25, -0.2) is 0 Å². The van der Waals surface area contributed by atoms with E-state index >= 15 is 0 Å². The highest BCUT2D eigenvalue weighted by atomic mass is 16.3. The summed E-state index contributed by atoms with van der Waals surface area (Å²) in [4.78, 5) is 2.76. The van der Waals surface area contributed by atoms with E-state index in [1.807, 2.05) is 6.07 Å². The largest absolute Gasteiger partial charge is 0.385 e. The molecule has 102 valence electrons. The molecule has 2 atom stereocenters. The number of nitrogens with zero attached hydrogens (tertiary/aromatic N) is 1. The van der Waals surface area contributed by atoms with Crippen molar-refractivity contribution in [3.63, 3.8) is 0 Å². The number of hydrogen-bond donors (Lipinski definition) is 1. The second-order valence-electron chi connectivity index (χ2n) is 6.72. The number of hydrogen-bond acceptors (Lipinski definition) is 2.